The van der Waals surface area contributed by atoms with E-state index in [1.807, 2.05) is 12.1 Å². The van der Waals surface area contributed by atoms with Crippen LogP contribution in [0.15, 0.2) is 54.9 Å². The molecule has 0 aliphatic rings. The van der Waals surface area contributed by atoms with Crippen molar-refractivity contribution in [3.05, 3.63) is 60.4 Å². The van der Waals surface area contributed by atoms with Crippen molar-refractivity contribution in [2.24, 2.45) is 0 Å². The maximum atomic E-state index is 11.6. The molecular formula is C14H13N3O. The molecule has 90 valence electrons. The fourth-order valence-corrected chi connectivity index (χ4v) is 1.40. The predicted octanol–water partition coefficient (Wildman–Crippen LogP) is 2.32. The average Bonchev–Trinajstić information content (AvgIpc) is 2.40. The van der Waals surface area contributed by atoms with Gasteiger partial charge in [0.25, 0.3) is 0 Å². The molecule has 1 aromatic carbocycles. The molecule has 3 N–H and O–H groups in total. The molecule has 4 heteroatoms. The van der Waals surface area contributed by atoms with E-state index in [0.717, 1.165) is 5.56 Å². The summed E-state index contributed by atoms with van der Waals surface area (Å²) < 4.78 is 0. The van der Waals surface area contributed by atoms with Crippen LogP contribution in [0.1, 0.15) is 5.56 Å². The number of hydrogen-bond acceptors (Lipinski definition) is 3. The number of amides is 1. The van der Waals surface area contributed by atoms with Crippen molar-refractivity contribution in [1.29, 1.82) is 0 Å². The minimum atomic E-state index is -0.191. The van der Waals surface area contributed by atoms with Crippen LogP contribution in [0.5, 0.6) is 0 Å². The third kappa shape index (κ3) is 3.45. The van der Waals surface area contributed by atoms with Crippen LogP contribution in [0.4, 0.5) is 11.4 Å². The molecule has 2 rings (SSSR count). The van der Waals surface area contributed by atoms with Crippen molar-refractivity contribution in [2.75, 3.05) is 11.1 Å². The van der Waals surface area contributed by atoms with Crippen molar-refractivity contribution in [2.45, 2.75) is 0 Å². The van der Waals surface area contributed by atoms with E-state index in [2.05, 4.69) is 10.3 Å². The number of nitrogens with one attached hydrogen (secondary N) is 1. The van der Waals surface area contributed by atoms with Gasteiger partial charge in [-0.25, -0.2) is 0 Å². The zero-order valence-corrected chi connectivity index (χ0v) is 9.71. The average molecular weight is 239 g/mol. The first-order chi connectivity index (χ1) is 8.74. The summed E-state index contributed by atoms with van der Waals surface area (Å²) in [6.07, 6.45) is 6.55. The SMILES string of the molecule is Nc1ccc(NC(=O)C=Cc2cccnc2)cc1. The van der Waals surface area contributed by atoms with Crippen LogP contribution in [-0.2, 0) is 4.79 Å². The normalized spacial score (nSPS) is 10.4. The Morgan fingerprint density at radius 3 is 2.67 bits per heavy atom. The monoisotopic (exact) mass is 239 g/mol. The minimum absolute atomic E-state index is 0.191. The molecule has 0 bridgehead atoms. The van der Waals surface area contributed by atoms with Crippen LogP contribution in [0.3, 0.4) is 0 Å². The highest BCUT2D eigenvalue weighted by Gasteiger charge is 1.97. The van der Waals surface area contributed by atoms with Gasteiger partial charge in [-0.3, -0.25) is 9.78 Å². The summed E-state index contributed by atoms with van der Waals surface area (Å²) in [5, 5.41) is 2.74. The van der Waals surface area contributed by atoms with E-state index in [9.17, 15) is 4.79 Å². The number of carbonyl (C=O) groups excluding carboxylic acids is 1. The van der Waals surface area contributed by atoms with Gasteiger partial charge in [0, 0.05) is 29.8 Å². The molecule has 0 fully saturated rings. The first-order valence-corrected chi connectivity index (χ1v) is 5.49. The zero-order valence-electron chi connectivity index (χ0n) is 9.71. The Kier molecular flexibility index (Phi) is 3.71. The van der Waals surface area contributed by atoms with Gasteiger partial charge in [-0.05, 0) is 42.0 Å². The summed E-state index contributed by atoms with van der Waals surface area (Å²) in [6, 6.07) is 10.7. The van der Waals surface area contributed by atoms with Gasteiger partial charge in [-0.1, -0.05) is 6.07 Å². The standard InChI is InChI=1S/C14H13N3O/c15-12-4-6-13(7-5-12)17-14(18)8-3-11-2-1-9-16-10-11/h1-10H,15H2,(H,17,18). The second-order valence-corrected chi connectivity index (χ2v) is 3.73. The van der Waals surface area contributed by atoms with Crippen LogP contribution in [0.2, 0.25) is 0 Å². The van der Waals surface area contributed by atoms with Gasteiger partial charge in [-0.2, -0.15) is 0 Å². The molecule has 0 saturated heterocycles. The summed E-state index contributed by atoms with van der Waals surface area (Å²) in [7, 11) is 0. The molecule has 0 aliphatic carbocycles. The molecule has 0 spiro atoms. The van der Waals surface area contributed by atoms with Gasteiger partial charge >= 0.3 is 0 Å². The van der Waals surface area contributed by atoms with Gasteiger partial charge < -0.3 is 11.1 Å². The molecule has 4 nitrogen and oxygen atoms in total. The fourth-order valence-electron chi connectivity index (χ4n) is 1.40. The van der Waals surface area contributed by atoms with E-state index in [-0.39, 0.29) is 5.91 Å². The van der Waals surface area contributed by atoms with E-state index in [4.69, 9.17) is 5.73 Å². The van der Waals surface area contributed by atoms with Gasteiger partial charge in [-0.15, -0.1) is 0 Å². The highest BCUT2D eigenvalue weighted by Crippen LogP contribution is 2.10. The van der Waals surface area contributed by atoms with Gasteiger partial charge in [0.2, 0.25) is 5.91 Å². The van der Waals surface area contributed by atoms with Crippen molar-refractivity contribution < 1.29 is 4.79 Å². The fraction of sp³-hybridized carbons (Fsp3) is 0. The van der Waals surface area contributed by atoms with E-state index in [0.29, 0.717) is 11.4 Å². The van der Waals surface area contributed by atoms with Gasteiger partial charge in [0.05, 0.1) is 0 Å². The Morgan fingerprint density at radius 2 is 2.00 bits per heavy atom. The number of anilines is 2. The summed E-state index contributed by atoms with van der Waals surface area (Å²) in [5.74, 6) is -0.191. The highest BCUT2D eigenvalue weighted by molar-refractivity contribution is 6.01. The van der Waals surface area contributed by atoms with Crippen LogP contribution in [0, 0.1) is 0 Å². The van der Waals surface area contributed by atoms with Crippen molar-refractivity contribution in [3.63, 3.8) is 0 Å². The molecule has 0 unspecified atom stereocenters. The molecule has 1 heterocycles. The molecule has 0 saturated carbocycles. The first-order valence-electron chi connectivity index (χ1n) is 5.49. The van der Waals surface area contributed by atoms with Gasteiger partial charge in [0.1, 0.15) is 0 Å². The van der Waals surface area contributed by atoms with Crippen LogP contribution >= 0.6 is 0 Å². The summed E-state index contributed by atoms with van der Waals surface area (Å²) in [4.78, 5) is 15.6. The summed E-state index contributed by atoms with van der Waals surface area (Å²) in [5.41, 5.74) is 7.82. The third-order valence-electron chi connectivity index (χ3n) is 2.29. The van der Waals surface area contributed by atoms with Crippen LogP contribution < -0.4 is 11.1 Å². The topological polar surface area (TPSA) is 68.0 Å². The maximum absolute atomic E-state index is 11.6. The smallest absolute Gasteiger partial charge is 0.248 e. The molecule has 0 radical (unpaired) electrons. The lowest BCUT2D eigenvalue weighted by atomic mass is 10.2. The Morgan fingerprint density at radius 1 is 1.22 bits per heavy atom. The van der Waals surface area contributed by atoms with Crippen molar-refractivity contribution in [1.82, 2.24) is 4.98 Å². The molecule has 0 aliphatic heterocycles. The molecular weight excluding hydrogens is 226 g/mol. The lowest BCUT2D eigenvalue weighted by Gasteiger charge is -2.01. The van der Waals surface area contributed by atoms with E-state index in [1.54, 1.807) is 42.7 Å². The lowest BCUT2D eigenvalue weighted by molar-refractivity contribution is -0.111. The van der Waals surface area contributed by atoms with Crippen LogP contribution in [-0.4, -0.2) is 10.9 Å². The summed E-state index contributed by atoms with van der Waals surface area (Å²) in [6.45, 7) is 0. The molecule has 1 amide bonds. The number of rotatable bonds is 3. The third-order valence-corrected chi connectivity index (χ3v) is 2.29. The number of benzene rings is 1. The van der Waals surface area contributed by atoms with Crippen LogP contribution in [0.25, 0.3) is 6.08 Å². The Hall–Kier alpha value is -2.62. The molecule has 2 aromatic rings. The second-order valence-electron chi connectivity index (χ2n) is 3.73. The second kappa shape index (κ2) is 5.63. The Bertz CT molecular complexity index is 547. The zero-order chi connectivity index (χ0) is 12.8. The summed E-state index contributed by atoms with van der Waals surface area (Å²) >= 11 is 0. The first kappa shape index (κ1) is 11.9. The molecule has 18 heavy (non-hydrogen) atoms. The highest BCUT2D eigenvalue weighted by atomic mass is 16.1. The van der Waals surface area contributed by atoms with Crippen molar-refractivity contribution >= 4 is 23.4 Å². The van der Waals surface area contributed by atoms with Gasteiger partial charge in [0.15, 0.2) is 0 Å². The predicted molar refractivity (Wildman–Crippen MR) is 72.8 cm³/mol. The number of pyridine rings is 1. The van der Waals surface area contributed by atoms with E-state index < -0.39 is 0 Å². The number of hydrogen-bond donors (Lipinski definition) is 2. The minimum Gasteiger partial charge on any atom is -0.399 e. The lowest BCUT2D eigenvalue weighted by Crippen LogP contribution is -2.07. The van der Waals surface area contributed by atoms with E-state index >= 15 is 0 Å². The number of nitrogens with zero attached hydrogens (tertiary/aromatic N) is 1. The number of aromatic nitrogens is 1. The quantitative estimate of drug-likeness (QED) is 0.638. The molecule has 1 aromatic heterocycles. The molecule has 0 atom stereocenters. The Balaban J connectivity index is 1.97. The number of carbonyl (C=O) groups is 1. The largest absolute Gasteiger partial charge is 0.399 e. The Labute approximate surface area is 105 Å². The maximum Gasteiger partial charge on any atom is 0.248 e. The number of nitrogen functional groups attached to an aromatic ring is 1. The van der Waals surface area contributed by atoms with E-state index in [1.165, 1.54) is 6.08 Å². The van der Waals surface area contributed by atoms with Crippen molar-refractivity contribution in [3.8, 4) is 0 Å². The number of nitrogens with two attached hydrogens (primary N) is 1.